The van der Waals surface area contributed by atoms with Gasteiger partial charge in [-0.25, -0.2) is 4.79 Å². The molecule has 2 N–H and O–H groups in total. The van der Waals surface area contributed by atoms with Gasteiger partial charge in [-0.1, -0.05) is 19.3 Å². The third-order valence-corrected chi connectivity index (χ3v) is 6.25. The van der Waals surface area contributed by atoms with Crippen molar-refractivity contribution in [2.24, 2.45) is 5.92 Å². The van der Waals surface area contributed by atoms with Crippen molar-refractivity contribution in [2.45, 2.75) is 82.0 Å². The zero-order valence-electron chi connectivity index (χ0n) is 14.3. The lowest BCUT2D eigenvalue weighted by molar-refractivity contribution is -0.128. The fraction of sp³-hybridized carbons (Fsp3) is 0.889. The monoisotopic (exact) mass is 335 g/mol. The largest absolute Gasteiger partial charge is 0.391 e. The van der Waals surface area contributed by atoms with E-state index in [4.69, 9.17) is 0 Å². The Labute approximate surface area is 143 Å². The molecule has 4 fully saturated rings. The van der Waals surface area contributed by atoms with Gasteiger partial charge in [0.15, 0.2) is 0 Å². The Morgan fingerprint density at radius 2 is 1.83 bits per heavy atom. The number of amides is 3. The van der Waals surface area contributed by atoms with Gasteiger partial charge in [-0.15, -0.1) is 0 Å². The lowest BCUT2D eigenvalue weighted by Crippen LogP contribution is -2.49. The topological polar surface area (TPSA) is 72.9 Å². The van der Waals surface area contributed by atoms with Crippen molar-refractivity contribution in [1.29, 1.82) is 0 Å². The fourth-order valence-electron chi connectivity index (χ4n) is 4.87. The van der Waals surface area contributed by atoms with Crippen LogP contribution >= 0.6 is 0 Å². The molecule has 2 heterocycles. The molecule has 2 aliphatic carbocycles. The molecule has 4 aliphatic rings. The molecule has 24 heavy (non-hydrogen) atoms. The van der Waals surface area contributed by atoms with Crippen LogP contribution in [0.3, 0.4) is 0 Å². The van der Waals surface area contributed by atoms with E-state index in [0.29, 0.717) is 37.9 Å². The van der Waals surface area contributed by atoms with E-state index in [1.807, 2.05) is 9.80 Å². The minimum Gasteiger partial charge on any atom is -0.391 e. The molecule has 0 aromatic rings. The maximum atomic E-state index is 12.8. The Bertz CT molecular complexity index is 502. The Kier molecular flexibility index (Phi) is 4.41. The molecule has 2 saturated carbocycles. The highest BCUT2D eigenvalue weighted by atomic mass is 16.3. The molecule has 0 aromatic carbocycles. The summed E-state index contributed by atoms with van der Waals surface area (Å²) in [4.78, 5) is 28.6. The van der Waals surface area contributed by atoms with Crippen LogP contribution in [0.1, 0.15) is 57.8 Å². The quantitative estimate of drug-likeness (QED) is 0.820. The maximum absolute atomic E-state index is 12.8. The molecule has 0 aromatic heterocycles. The number of aliphatic hydroxyl groups is 1. The first-order valence-electron chi connectivity index (χ1n) is 9.66. The minimum atomic E-state index is -0.407. The molecule has 4 rings (SSSR count). The first-order valence-corrected chi connectivity index (χ1v) is 9.66. The predicted octanol–water partition coefficient (Wildman–Crippen LogP) is 1.47. The van der Waals surface area contributed by atoms with Crippen LogP contribution in [-0.2, 0) is 4.79 Å². The summed E-state index contributed by atoms with van der Waals surface area (Å²) in [5.41, 5.74) is 0. The van der Waals surface area contributed by atoms with E-state index in [0.717, 1.165) is 12.8 Å². The smallest absolute Gasteiger partial charge is 0.318 e. The highest BCUT2D eigenvalue weighted by molar-refractivity contribution is 5.82. The number of carbonyl (C=O) groups is 2. The van der Waals surface area contributed by atoms with Gasteiger partial charge in [0, 0.05) is 31.6 Å². The molecule has 6 heteroatoms. The van der Waals surface area contributed by atoms with Crippen LogP contribution < -0.4 is 5.32 Å². The zero-order valence-corrected chi connectivity index (χ0v) is 14.3. The van der Waals surface area contributed by atoms with E-state index < -0.39 is 6.10 Å². The van der Waals surface area contributed by atoms with Crippen molar-refractivity contribution in [1.82, 2.24) is 15.1 Å². The van der Waals surface area contributed by atoms with Crippen molar-refractivity contribution in [3.63, 3.8) is 0 Å². The number of rotatable bonds is 3. The standard InChI is InChI=1S/C18H29N3O3/c22-15-9-16(12-4-2-1-3-5-12)21(11-15)18(24)19-13-8-17(23)20(10-13)14-6-7-14/h12-16,22H,1-11H2,(H,19,24)/t13-,15-,16-/m0/s1. The molecule has 0 spiro atoms. The fourth-order valence-corrected chi connectivity index (χ4v) is 4.87. The van der Waals surface area contributed by atoms with Gasteiger partial charge in [-0.3, -0.25) is 4.79 Å². The number of likely N-dealkylation sites (tertiary alicyclic amines) is 2. The van der Waals surface area contributed by atoms with E-state index >= 15 is 0 Å². The summed E-state index contributed by atoms with van der Waals surface area (Å²) < 4.78 is 0. The third-order valence-electron chi connectivity index (χ3n) is 6.25. The summed E-state index contributed by atoms with van der Waals surface area (Å²) in [6, 6.07) is 0.424. The number of hydrogen-bond acceptors (Lipinski definition) is 3. The zero-order chi connectivity index (χ0) is 16.7. The lowest BCUT2D eigenvalue weighted by atomic mass is 9.83. The van der Waals surface area contributed by atoms with Crippen LogP contribution in [0.25, 0.3) is 0 Å². The van der Waals surface area contributed by atoms with Gasteiger partial charge >= 0.3 is 6.03 Å². The molecular weight excluding hydrogens is 306 g/mol. The first-order chi connectivity index (χ1) is 11.6. The summed E-state index contributed by atoms with van der Waals surface area (Å²) in [6.07, 6.45) is 9.03. The summed E-state index contributed by atoms with van der Waals surface area (Å²) >= 11 is 0. The SMILES string of the molecule is O=C1C[C@H](NC(=O)N2C[C@@H](O)C[C@H]2C2CCCCC2)CN1C1CC1. The Balaban J connectivity index is 1.36. The van der Waals surface area contributed by atoms with E-state index in [1.165, 1.54) is 32.1 Å². The molecular formula is C18H29N3O3. The van der Waals surface area contributed by atoms with Gasteiger partial charge in [-0.05, 0) is 38.0 Å². The Morgan fingerprint density at radius 1 is 1.08 bits per heavy atom. The molecule has 0 bridgehead atoms. The van der Waals surface area contributed by atoms with Gasteiger partial charge < -0.3 is 20.2 Å². The van der Waals surface area contributed by atoms with Crippen LogP contribution in [-0.4, -0.2) is 64.2 Å². The van der Waals surface area contributed by atoms with Crippen molar-refractivity contribution in [2.75, 3.05) is 13.1 Å². The second kappa shape index (κ2) is 6.54. The van der Waals surface area contributed by atoms with Gasteiger partial charge in [0.05, 0.1) is 12.1 Å². The molecule has 6 nitrogen and oxygen atoms in total. The van der Waals surface area contributed by atoms with Crippen molar-refractivity contribution in [3.8, 4) is 0 Å². The van der Waals surface area contributed by atoms with Crippen molar-refractivity contribution in [3.05, 3.63) is 0 Å². The maximum Gasteiger partial charge on any atom is 0.318 e. The predicted molar refractivity (Wildman–Crippen MR) is 89.4 cm³/mol. The molecule has 2 aliphatic heterocycles. The molecule has 134 valence electrons. The molecule has 0 unspecified atom stereocenters. The van der Waals surface area contributed by atoms with Crippen LogP contribution in [0.15, 0.2) is 0 Å². The highest BCUT2D eigenvalue weighted by Crippen LogP contribution is 2.35. The van der Waals surface area contributed by atoms with Gasteiger partial charge in [0.25, 0.3) is 0 Å². The molecule has 3 atom stereocenters. The minimum absolute atomic E-state index is 0.0738. The third kappa shape index (κ3) is 3.25. The van der Waals surface area contributed by atoms with Crippen molar-refractivity contribution < 1.29 is 14.7 Å². The molecule has 3 amide bonds. The van der Waals surface area contributed by atoms with Crippen molar-refractivity contribution >= 4 is 11.9 Å². The first kappa shape index (κ1) is 16.2. The summed E-state index contributed by atoms with van der Waals surface area (Å²) in [5, 5.41) is 13.2. The van der Waals surface area contributed by atoms with Crippen LogP contribution in [0.5, 0.6) is 0 Å². The van der Waals surface area contributed by atoms with Gasteiger partial charge in [-0.2, -0.15) is 0 Å². The number of nitrogens with zero attached hydrogens (tertiary/aromatic N) is 2. The summed E-state index contributed by atoms with van der Waals surface area (Å²) in [6.45, 7) is 1.08. The normalized spacial score (nSPS) is 34.9. The number of carbonyl (C=O) groups excluding carboxylic acids is 2. The van der Waals surface area contributed by atoms with Crippen LogP contribution in [0, 0.1) is 5.92 Å². The van der Waals surface area contributed by atoms with Gasteiger partial charge in [0.1, 0.15) is 0 Å². The number of β-amino-alcohol motifs (C(OH)–C–C–N with tert-alkyl or cyclic N) is 1. The van der Waals surface area contributed by atoms with E-state index in [-0.39, 0.29) is 24.0 Å². The molecule has 2 saturated heterocycles. The van der Waals surface area contributed by atoms with E-state index in [1.54, 1.807) is 0 Å². The van der Waals surface area contributed by atoms with E-state index in [2.05, 4.69) is 5.32 Å². The second-order valence-electron chi connectivity index (χ2n) is 8.14. The summed E-state index contributed by atoms with van der Waals surface area (Å²) in [5.74, 6) is 0.697. The lowest BCUT2D eigenvalue weighted by Gasteiger charge is -2.34. The molecule has 0 radical (unpaired) electrons. The Morgan fingerprint density at radius 3 is 2.54 bits per heavy atom. The van der Waals surface area contributed by atoms with E-state index in [9.17, 15) is 14.7 Å². The number of urea groups is 1. The van der Waals surface area contributed by atoms with Crippen LogP contribution in [0.2, 0.25) is 0 Å². The second-order valence-corrected chi connectivity index (χ2v) is 8.14. The highest BCUT2D eigenvalue weighted by Gasteiger charge is 2.43. The summed E-state index contributed by atoms with van der Waals surface area (Å²) in [7, 11) is 0. The van der Waals surface area contributed by atoms with Crippen LogP contribution in [0.4, 0.5) is 4.79 Å². The van der Waals surface area contributed by atoms with Gasteiger partial charge in [0.2, 0.25) is 5.91 Å². The average Bonchev–Trinajstić information content (AvgIpc) is 3.24. The number of hydrogen-bond donors (Lipinski definition) is 2. The number of nitrogens with one attached hydrogen (secondary N) is 1. The average molecular weight is 335 g/mol. The Hall–Kier alpha value is -1.30. The number of aliphatic hydroxyl groups excluding tert-OH is 1.